The number of aliphatic carboxylic acids is 1. The van der Waals surface area contributed by atoms with Crippen molar-refractivity contribution >= 4 is 17.6 Å². The molecule has 1 heterocycles. The van der Waals surface area contributed by atoms with Crippen molar-refractivity contribution in [3.63, 3.8) is 0 Å². The summed E-state index contributed by atoms with van der Waals surface area (Å²) in [6.45, 7) is -0.207. The van der Waals surface area contributed by atoms with Crippen LogP contribution >= 0.6 is 0 Å². The third-order valence-corrected chi connectivity index (χ3v) is 2.99. The molecule has 1 aromatic heterocycles. The van der Waals surface area contributed by atoms with Gasteiger partial charge in [0.1, 0.15) is 6.54 Å². The topological polar surface area (TPSA) is 84.2 Å². The normalized spacial score (nSPS) is 14.8. The number of amides is 1. The average molecular weight is 263 g/mol. The van der Waals surface area contributed by atoms with Gasteiger partial charge in [-0.15, -0.1) is 0 Å². The van der Waals surface area contributed by atoms with Crippen LogP contribution in [0.15, 0.2) is 24.0 Å². The van der Waals surface area contributed by atoms with Gasteiger partial charge >= 0.3 is 5.97 Å². The Kier molecular flexibility index (Phi) is 4.33. The number of nitrogens with one attached hydrogen (secondary N) is 1. The number of rotatable bonds is 5. The van der Waals surface area contributed by atoms with E-state index < -0.39 is 5.97 Å². The minimum absolute atomic E-state index is 0.0805. The van der Waals surface area contributed by atoms with Crippen LogP contribution in [0, 0.1) is 0 Å². The van der Waals surface area contributed by atoms with Gasteiger partial charge in [-0.05, 0) is 25.7 Å². The quantitative estimate of drug-likeness (QED) is 0.793. The fraction of sp³-hybridized carbons (Fsp3) is 0.462. The summed E-state index contributed by atoms with van der Waals surface area (Å²) in [5, 5.41) is 15.2. The number of aromatic nitrogens is 2. The molecule has 0 saturated carbocycles. The Morgan fingerprint density at radius 3 is 2.95 bits per heavy atom. The lowest BCUT2D eigenvalue weighted by Crippen LogP contribution is -2.13. The van der Waals surface area contributed by atoms with E-state index in [9.17, 15) is 9.59 Å². The van der Waals surface area contributed by atoms with Crippen LogP contribution in [-0.2, 0) is 16.1 Å². The van der Waals surface area contributed by atoms with E-state index in [1.165, 1.54) is 29.1 Å². The highest BCUT2D eigenvalue weighted by molar-refractivity contribution is 5.92. The zero-order chi connectivity index (χ0) is 13.7. The molecule has 0 atom stereocenters. The number of carbonyl (C=O) groups is 2. The number of hydrogen-bond acceptors (Lipinski definition) is 3. The van der Waals surface area contributed by atoms with Crippen molar-refractivity contribution in [1.82, 2.24) is 9.78 Å². The van der Waals surface area contributed by atoms with Crippen molar-refractivity contribution in [3.05, 3.63) is 24.0 Å². The minimum atomic E-state index is -0.965. The van der Waals surface area contributed by atoms with Crippen LogP contribution in [0.4, 0.5) is 5.69 Å². The van der Waals surface area contributed by atoms with E-state index in [4.69, 9.17) is 5.11 Å². The highest BCUT2D eigenvalue weighted by Gasteiger charge is 2.10. The van der Waals surface area contributed by atoms with E-state index in [-0.39, 0.29) is 12.5 Å². The first kappa shape index (κ1) is 13.3. The molecule has 0 spiro atoms. The lowest BCUT2D eigenvalue weighted by molar-refractivity contribution is -0.137. The first-order valence-corrected chi connectivity index (χ1v) is 6.35. The number of anilines is 1. The molecule has 0 unspecified atom stereocenters. The number of carboxylic acids is 1. The molecule has 2 N–H and O–H groups in total. The Balaban J connectivity index is 1.86. The van der Waals surface area contributed by atoms with Gasteiger partial charge in [-0.1, -0.05) is 11.6 Å². The fourth-order valence-corrected chi connectivity index (χ4v) is 2.13. The molecule has 2 rings (SSSR count). The molecule has 0 aromatic carbocycles. The molecule has 6 heteroatoms. The number of allylic oxidation sites excluding steroid dienone is 1. The zero-order valence-electron chi connectivity index (χ0n) is 10.6. The van der Waals surface area contributed by atoms with Crippen molar-refractivity contribution in [2.75, 3.05) is 5.32 Å². The van der Waals surface area contributed by atoms with Crippen molar-refractivity contribution < 1.29 is 14.7 Å². The van der Waals surface area contributed by atoms with E-state index >= 15 is 0 Å². The molecule has 1 amide bonds. The summed E-state index contributed by atoms with van der Waals surface area (Å²) in [5.41, 5.74) is 1.71. The molecule has 0 saturated heterocycles. The van der Waals surface area contributed by atoms with Crippen LogP contribution in [0.3, 0.4) is 0 Å². The van der Waals surface area contributed by atoms with Gasteiger partial charge in [-0.25, -0.2) is 0 Å². The predicted molar refractivity (Wildman–Crippen MR) is 69.7 cm³/mol. The van der Waals surface area contributed by atoms with Gasteiger partial charge in [0.15, 0.2) is 0 Å². The summed E-state index contributed by atoms with van der Waals surface area (Å²) in [7, 11) is 0. The van der Waals surface area contributed by atoms with E-state index in [0.29, 0.717) is 12.1 Å². The summed E-state index contributed by atoms with van der Waals surface area (Å²) in [4.78, 5) is 22.3. The first-order valence-electron chi connectivity index (χ1n) is 6.35. The lowest BCUT2D eigenvalue weighted by Gasteiger charge is -2.11. The van der Waals surface area contributed by atoms with Crippen molar-refractivity contribution in [2.45, 2.75) is 38.6 Å². The van der Waals surface area contributed by atoms with E-state index in [0.717, 1.165) is 19.3 Å². The molecule has 0 aliphatic heterocycles. The summed E-state index contributed by atoms with van der Waals surface area (Å²) in [5.74, 6) is -1.05. The SMILES string of the molecule is O=C(O)Cn1cc(NC(=O)CC2=CCCCC2)cn1. The Hall–Kier alpha value is -2.11. The maximum absolute atomic E-state index is 11.8. The molecule has 0 radical (unpaired) electrons. The Morgan fingerprint density at radius 2 is 2.26 bits per heavy atom. The Bertz CT molecular complexity index is 505. The van der Waals surface area contributed by atoms with Crippen LogP contribution in [0.1, 0.15) is 32.1 Å². The van der Waals surface area contributed by atoms with Crippen LogP contribution in [0.5, 0.6) is 0 Å². The molecule has 0 bridgehead atoms. The second-order valence-electron chi connectivity index (χ2n) is 4.65. The van der Waals surface area contributed by atoms with E-state index in [1.54, 1.807) is 0 Å². The highest BCUT2D eigenvalue weighted by atomic mass is 16.4. The molecule has 19 heavy (non-hydrogen) atoms. The molecule has 6 nitrogen and oxygen atoms in total. The molecule has 102 valence electrons. The van der Waals surface area contributed by atoms with Gasteiger partial charge in [0.2, 0.25) is 5.91 Å². The lowest BCUT2D eigenvalue weighted by atomic mass is 9.97. The second kappa shape index (κ2) is 6.17. The summed E-state index contributed by atoms with van der Waals surface area (Å²) in [6.07, 6.45) is 9.91. The number of carbonyl (C=O) groups excluding carboxylic acids is 1. The third-order valence-electron chi connectivity index (χ3n) is 2.99. The van der Waals surface area contributed by atoms with Crippen molar-refractivity contribution in [2.24, 2.45) is 0 Å². The van der Waals surface area contributed by atoms with Gasteiger partial charge in [0.05, 0.1) is 11.9 Å². The summed E-state index contributed by atoms with van der Waals surface area (Å²) in [6, 6.07) is 0. The molecular weight excluding hydrogens is 246 g/mol. The van der Waals surface area contributed by atoms with Crippen LogP contribution in [0.2, 0.25) is 0 Å². The fourth-order valence-electron chi connectivity index (χ4n) is 2.13. The molecule has 0 fully saturated rings. The monoisotopic (exact) mass is 263 g/mol. The highest BCUT2D eigenvalue weighted by Crippen LogP contribution is 2.20. The van der Waals surface area contributed by atoms with Crippen LogP contribution < -0.4 is 5.32 Å². The van der Waals surface area contributed by atoms with Crippen LogP contribution in [-0.4, -0.2) is 26.8 Å². The van der Waals surface area contributed by atoms with Gasteiger partial charge < -0.3 is 10.4 Å². The van der Waals surface area contributed by atoms with E-state index in [2.05, 4.69) is 16.5 Å². The maximum atomic E-state index is 11.8. The zero-order valence-corrected chi connectivity index (χ0v) is 10.6. The number of carboxylic acid groups (broad SMARTS) is 1. The third kappa shape index (κ3) is 4.24. The van der Waals surface area contributed by atoms with Gasteiger partial charge in [0.25, 0.3) is 0 Å². The molecule has 1 aromatic rings. The predicted octanol–water partition coefficient (Wildman–Crippen LogP) is 1.80. The van der Waals surface area contributed by atoms with Crippen molar-refractivity contribution in [3.8, 4) is 0 Å². The first-order chi connectivity index (χ1) is 9.13. The average Bonchev–Trinajstić information content (AvgIpc) is 2.76. The Morgan fingerprint density at radius 1 is 1.42 bits per heavy atom. The van der Waals surface area contributed by atoms with Gasteiger partial charge in [0, 0.05) is 12.6 Å². The van der Waals surface area contributed by atoms with E-state index in [1.807, 2.05) is 0 Å². The molecule has 1 aliphatic rings. The molecule has 1 aliphatic carbocycles. The van der Waals surface area contributed by atoms with Crippen LogP contribution in [0.25, 0.3) is 0 Å². The summed E-state index contributed by atoms with van der Waals surface area (Å²) >= 11 is 0. The minimum Gasteiger partial charge on any atom is -0.480 e. The second-order valence-corrected chi connectivity index (χ2v) is 4.65. The number of hydrogen-bond donors (Lipinski definition) is 2. The Labute approximate surface area is 111 Å². The van der Waals surface area contributed by atoms with Gasteiger partial charge in [-0.2, -0.15) is 5.10 Å². The largest absolute Gasteiger partial charge is 0.480 e. The standard InChI is InChI=1S/C13H17N3O3/c17-12(6-10-4-2-1-3-5-10)15-11-7-14-16(8-11)9-13(18)19/h4,7-8H,1-3,5-6,9H2,(H,15,17)(H,18,19). The maximum Gasteiger partial charge on any atom is 0.325 e. The number of nitrogens with zero attached hydrogens (tertiary/aromatic N) is 2. The van der Waals surface area contributed by atoms with Crippen molar-refractivity contribution in [1.29, 1.82) is 0 Å². The molecular formula is C13H17N3O3. The summed E-state index contributed by atoms with van der Waals surface area (Å²) < 4.78 is 1.28. The smallest absolute Gasteiger partial charge is 0.325 e. The van der Waals surface area contributed by atoms with Gasteiger partial charge in [-0.3, -0.25) is 14.3 Å².